The molecule has 6 heteroatoms. The van der Waals surface area contributed by atoms with E-state index in [-0.39, 0.29) is 25.4 Å². The zero-order valence-electron chi connectivity index (χ0n) is 18.8. The van der Waals surface area contributed by atoms with Crippen LogP contribution in [0.3, 0.4) is 0 Å². The zero-order chi connectivity index (χ0) is 23.4. The smallest absolute Gasteiger partial charge is 0.264 e. The molecule has 1 amide bonds. The lowest BCUT2D eigenvalue weighted by molar-refractivity contribution is -0.135. The number of carbonyl (C=O) groups excluding carboxylic acids is 2. The Kier molecular flexibility index (Phi) is 6.47. The maximum absolute atomic E-state index is 13.4. The molecular weight excluding hydrogens is 418 g/mol. The van der Waals surface area contributed by atoms with E-state index in [9.17, 15) is 14.7 Å². The van der Waals surface area contributed by atoms with Crippen molar-refractivity contribution >= 4 is 17.4 Å². The molecule has 1 aliphatic heterocycles. The van der Waals surface area contributed by atoms with Gasteiger partial charge in [-0.2, -0.15) is 0 Å². The fourth-order valence-corrected chi connectivity index (χ4v) is 4.15. The molecule has 33 heavy (non-hydrogen) atoms. The van der Waals surface area contributed by atoms with Crippen molar-refractivity contribution in [3.05, 3.63) is 89.5 Å². The van der Waals surface area contributed by atoms with E-state index in [1.54, 1.807) is 55.6 Å². The first-order valence-corrected chi connectivity index (χ1v) is 11.0. The summed E-state index contributed by atoms with van der Waals surface area (Å²) in [5.74, 6) is 0.365. The minimum Gasteiger partial charge on any atom is -0.493 e. The SMILES string of the molecule is CCc1ccc(C(=O)C[C@@]2(O)C(=O)N(CCOc3ccccc3OC)c3ccccc32)cc1. The molecule has 1 heterocycles. The molecule has 6 nitrogen and oxygen atoms in total. The van der Waals surface area contributed by atoms with Crippen molar-refractivity contribution in [1.29, 1.82) is 0 Å². The van der Waals surface area contributed by atoms with E-state index in [1.165, 1.54) is 4.90 Å². The monoisotopic (exact) mass is 445 g/mol. The molecule has 0 aliphatic carbocycles. The number of methoxy groups -OCH3 is 1. The Bertz CT molecular complexity index is 1160. The third-order valence-electron chi connectivity index (χ3n) is 5.98. The highest BCUT2D eigenvalue weighted by Crippen LogP contribution is 2.42. The summed E-state index contributed by atoms with van der Waals surface area (Å²) in [7, 11) is 1.56. The largest absolute Gasteiger partial charge is 0.493 e. The highest BCUT2D eigenvalue weighted by molar-refractivity contribution is 6.10. The van der Waals surface area contributed by atoms with Crippen LogP contribution in [0.15, 0.2) is 72.8 Å². The molecule has 0 fully saturated rings. The quantitative estimate of drug-likeness (QED) is 0.501. The number of aryl methyl sites for hydroxylation is 1. The summed E-state index contributed by atoms with van der Waals surface area (Å²) in [5.41, 5.74) is 0.702. The Labute approximate surface area is 193 Å². The van der Waals surface area contributed by atoms with Gasteiger partial charge in [-0.15, -0.1) is 0 Å². The Balaban J connectivity index is 1.52. The molecule has 0 unspecified atom stereocenters. The minimum atomic E-state index is -1.92. The summed E-state index contributed by atoms with van der Waals surface area (Å²) in [6.45, 7) is 2.46. The van der Waals surface area contributed by atoms with Gasteiger partial charge in [0.05, 0.1) is 25.8 Å². The fraction of sp³-hybridized carbons (Fsp3) is 0.259. The van der Waals surface area contributed by atoms with Crippen LogP contribution in [0, 0.1) is 0 Å². The summed E-state index contributed by atoms with van der Waals surface area (Å²) in [6, 6.07) is 21.6. The molecule has 0 radical (unpaired) electrons. The van der Waals surface area contributed by atoms with Gasteiger partial charge >= 0.3 is 0 Å². The average Bonchev–Trinajstić information content (AvgIpc) is 3.06. The number of carbonyl (C=O) groups is 2. The summed E-state index contributed by atoms with van der Waals surface area (Å²) < 4.78 is 11.1. The molecule has 4 rings (SSSR count). The summed E-state index contributed by atoms with van der Waals surface area (Å²) in [5, 5.41) is 11.4. The first kappa shape index (κ1) is 22.6. The minimum absolute atomic E-state index is 0.197. The summed E-state index contributed by atoms with van der Waals surface area (Å²) in [4.78, 5) is 27.8. The maximum atomic E-state index is 13.4. The van der Waals surface area contributed by atoms with Crippen molar-refractivity contribution in [2.45, 2.75) is 25.4 Å². The van der Waals surface area contributed by atoms with E-state index in [0.29, 0.717) is 28.3 Å². The van der Waals surface area contributed by atoms with Gasteiger partial charge < -0.3 is 19.5 Å². The number of anilines is 1. The van der Waals surface area contributed by atoms with Gasteiger partial charge in [-0.3, -0.25) is 9.59 Å². The van der Waals surface area contributed by atoms with E-state index in [2.05, 4.69) is 0 Å². The third-order valence-corrected chi connectivity index (χ3v) is 5.98. The molecule has 170 valence electrons. The van der Waals surface area contributed by atoms with E-state index in [0.717, 1.165) is 12.0 Å². The van der Waals surface area contributed by atoms with Crippen LogP contribution in [0.25, 0.3) is 0 Å². The van der Waals surface area contributed by atoms with E-state index in [1.807, 2.05) is 31.2 Å². The molecule has 3 aromatic rings. The first-order chi connectivity index (χ1) is 16.0. The predicted octanol–water partition coefficient (Wildman–Crippen LogP) is 4.14. The van der Waals surface area contributed by atoms with E-state index < -0.39 is 11.5 Å². The van der Waals surface area contributed by atoms with Crippen molar-refractivity contribution < 1.29 is 24.2 Å². The topological polar surface area (TPSA) is 76.1 Å². The van der Waals surface area contributed by atoms with Crippen LogP contribution >= 0.6 is 0 Å². The van der Waals surface area contributed by atoms with Gasteiger partial charge in [0.2, 0.25) is 0 Å². The Morgan fingerprint density at radius 2 is 1.64 bits per heavy atom. The number of aliphatic hydroxyl groups is 1. The number of rotatable bonds is 9. The number of ether oxygens (including phenoxy) is 2. The second-order valence-electron chi connectivity index (χ2n) is 7.98. The van der Waals surface area contributed by atoms with Crippen molar-refractivity contribution in [2.75, 3.05) is 25.2 Å². The lowest BCUT2D eigenvalue weighted by atomic mass is 9.88. The predicted molar refractivity (Wildman–Crippen MR) is 126 cm³/mol. The lowest BCUT2D eigenvalue weighted by Crippen LogP contribution is -2.43. The van der Waals surface area contributed by atoms with Gasteiger partial charge in [-0.1, -0.05) is 61.5 Å². The van der Waals surface area contributed by atoms with Gasteiger partial charge in [0.1, 0.15) is 6.61 Å². The van der Waals surface area contributed by atoms with Gasteiger partial charge in [0, 0.05) is 11.1 Å². The van der Waals surface area contributed by atoms with Gasteiger partial charge in [0.25, 0.3) is 5.91 Å². The van der Waals surface area contributed by atoms with Crippen LogP contribution in [0.5, 0.6) is 11.5 Å². The summed E-state index contributed by atoms with van der Waals surface area (Å²) >= 11 is 0. The van der Waals surface area contributed by atoms with Gasteiger partial charge in [0.15, 0.2) is 22.9 Å². The van der Waals surface area contributed by atoms with E-state index in [4.69, 9.17) is 9.47 Å². The number of fused-ring (bicyclic) bond motifs is 1. The highest BCUT2D eigenvalue weighted by Gasteiger charge is 2.50. The highest BCUT2D eigenvalue weighted by atomic mass is 16.5. The molecule has 0 bridgehead atoms. The van der Waals surface area contributed by atoms with Crippen LogP contribution < -0.4 is 14.4 Å². The molecule has 0 aromatic heterocycles. The van der Waals surface area contributed by atoms with Gasteiger partial charge in [-0.05, 0) is 30.2 Å². The van der Waals surface area contributed by atoms with Crippen LogP contribution in [-0.2, 0) is 16.8 Å². The molecule has 1 aliphatic rings. The second kappa shape index (κ2) is 9.46. The van der Waals surface area contributed by atoms with Crippen LogP contribution in [0.1, 0.15) is 34.8 Å². The Morgan fingerprint density at radius 3 is 2.33 bits per heavy atom. The lowest BCUT2D eigenvalue weighted by Gasteiger charge is -2.23. The first-order valence-electron chi connectivity index (χ1n) is 11.0. The Hall–Kier alpha value is -3.64. The second-order valence-corrected chi connectivity index (χ2v) is 7.98. The molecule has 0 spiro atoms. The number of hydrogen-bond donors (Lipinski definition) is 1. The average molecular weight is 446 g/mol. The number of ketones is 1. The van der Waals surface area contributed by atoms with Crippen LogP contribution in [-0.4, -0.2) is 37.1 Å². The van der Waals surface area contributed by atoms with Crippen molar-refractivity contribution in [3.8, 4) is 11.5 Å². The Morgan fingerprint density at radius 1 is 0.970 bits per heavy atom. The fourth-order valence-electron chi connectivity index (χ4n) is 4.15. The normalized spacial score (nSPS) is 17.1. The van der Waals surface area contributed by atoms with E-state index >= 15 is 0 Å². The van der Waals surface area contributed by atoms with Crippen LogP contribution in [0.4, 0.5) is 5.69 Å². The number of hydrogen-bond acceptors (Lipinski definition) is 5. The molecule has 3 aromatic carbocycles. The third kappa shape index (κ3) is 4.34. The number of nitrogens with zero attached hydrogens (tertiary/aromatic N) is 1. The van der Waals surface area contributed by atoms with Gasteiger partial charge in [-0.25, -0.2) is 0 Å². The zero-order valence-corrected chi connectivity index (χ0v) is 18.8. The maximum Gasteiger partial charge on any atom is 0.264 e. The van der Waals surface area contributed by atoms with Crippen LogP contribution in [0.2, 0.25) is 0 Å². The molecule has 0 saturated heterocycles. The van der Waals surface area contributed by atoms with Crippen molar-refractivity contribution in [1.82, 2.24) is 0 Å². The van der Waals surface area contributed by atoms with Crippen molar-refractivity contribution in [3.63, 3.8) is 0 Å². The number of benzene rings is 3. The van der Waals surface area contributed by atoms with Crippen molar-refractivity contribution in [2.24, 2.45) is 0 Å². The number of para-hydroxylation sites is 3. The number of amides is 1. The molecule has 1 N–H and O–H groups in total. The standard InChI is InChI=1S/C27H27NO5/c1-3-19-12-14-20(15-13-19)23(29)18-27(31)21-8-4-5-9-22(21)28(26(27)30)16-17-33-25-11-7-6-10-24(25)32-2/h4-15,31H,3,16-18H2,1-2H3/t27-/m0/s1. The summed E-state index contributed by atoms with van der Waals surface area (Å²) in [6.07, 6.45) is 0.550. The molecule has 1 atom stereocenters. The molecule has 0 saturated carbocycles. The molecular formula is C27H27NO5. The number of Topliss-reactive ketones (excluding diaryl/α,β-unsaturated/α-hetero) is 1.